The average Bonchev–Trinajstić information content (AvgIpc) is 2.76. The average molecular weight is 364 g/mol. The summed E-state index contributed by atoms with van der Waals surface area (Å²) < 4.78 is 0. The standard InChI is InChI=1S/C16H11Cl2N3O3/c17-8-5-11(18)14(12(19)6-8)20-13(22)7-21-15(23)9-3-1-2-4-10(9)16(21)24/h1-6H,7,19H2,(H,20,22). The van der Waals surface area contributed by atoms with E-state index in [1.165, 1.54) is 12.1 Å². The van der Waals surface area contributed by atoms with Gasteiger partial charge in [0.15, 0.2) is 0 Å². The van der Waals surface area contributed by atoms with Gasteiger partial charge in [-0.15, -0.1) is 0 Å². The van der Waals surface area contributed by atoms with E-state index in [0.717, 1.165) is 4.90 Å². The first-order valence-electron chi connectivity index (χ1n) is 6.88. The van der Waals surface area contributed by atoms with Crippen LogP contribution in [0.4, 0.5) is 11.4 Å². The number of amides is 3. The maximum Gasteiger partial charge on any atom is 0.262 e. The minimum Gasteiger partial charge on any atom is -0.397 e. The Bertz CT molecular complexity index is 825. The lowest BCUT2D eigenvalue weighted by Crippen LogP contribution is -2.37. The number of anilines is 2. The normalized spacial score (nSPS) is 13.2. The van der Waals surface area contributed by atoms with Gasteiger partial charge in [-0.25, -0.2) is 0 Å². The van der Waals surface area contributed by atoms with Gasteiger partial charge in [-0.05, 0) is 24.3 Å². The Morgan fingerprint density at radius 3 is 2.21 bits per heavy atom. The molecule has 3 rings (SSSR count). The smallest absolute Gasteiger partial charge is 0.262 e. The van der Waals surface area contributed by atoms with Gasteiger partial charge >= 0.3 is 0 Å². The molecule has 0 aliphatic carbocycles. The number of fused-ring (bicyclic) bond motifs is 1. The summed E-state index contributed by atoms with van der Waals surface area (Å²) in [7, 11) is 0. The van der Waals surface area contributed by atoms with E-state index in [2.05, 4.69) is 5.32 Å². The molecule has 2 aromatic rings. The number of carbonyl (C=O) groups is 3. The number of hydrogen-bond acceptors (Lipinski definition) is 4. The lowest BCUT2D eigenvalue weighted by molar-refractivity contribution is -0.116. The van der Waals surface area contributed by atoms with Gasteiger partial charge in [-0.2, -0.15) is 0 Å². The van der Waals surface area contributed by atoms with Crippen molar-refractivity contribution in [1.82, 2.24) is 4.90 Å². The Hall–Kier alpha value is -2.57. The number of nitrogens with two attached hydrogens (primary N) is 1. The molecule has 122 valence electrons. The largest absolute Gasteiger partial charge is 0.397 e. The fourth-order valence-corrected chi connectivity index (χ4v) is 2.99. The summed E-state index contributed by atoms with van der Waals surface area (Å²) in [5.74, 6) is -1.62. The number of imide groups is 1. The molecule has 2 aromatic carbocycles. The zero-order valence-electron chi connectivity index (χ0n) is 12.2. The third kappa shape index (κ3) is 2.81. The predicted molar refractivity (Wildman–Crippen MR) is 91.3 cm³/mol. The van der Waals surface area contributed by atoms with Crippen LogP contribution in [0.15, 0.2) is 36.4 Å². The van der Waals surface area contributed by atoms with Gasteiger partial charge in [0.25, 0.3) is 11.8 Å². The number of nitrogen functional groups attached to an aromatic ring is 1. The fourth-order valence-electron chi connectivity index (χ4n) is 2.43. The summed E-state index contributed by atoms with van der Waals surface area (Å²) in [6, 6.07) is 9.26. The molecule has 0 bridgehead atoms. The first-order valence-corrected chi connectivity index (χ1v) is 7.63. The molecule has 0 unspecified atom stereocenters. The van der Waals surface area contributed by atoms with Gasteiger partial charge in [0, 0.05) is 5.02 Å². The van der Waals surface area contributed by atoms with Crippen LogP contribution < -0.4 is 11.1 Å². The highest BCUT2D eigenvalue weighted by Crippen LogP contribution is 2.32. The Morgan fingerprint density at radius 2 is 1.67 bits per heavy atom. The molecule has 6 nitrogen and oxygen atoms in total. The minimum atomic E-state index is -0.597. The molecule has 0 saturated heterocycles. The van der Waals surface area contributed by atoms with E-state index in [-0.39, 0.29) is 27.5 Å². The van der Waals surface area contributed by atoms with Crippen LogP contribution in [0.5, 0.6) is 0 Å². The second-order valence-corrected chi connectivity index (χ2v) is 5.99. The van der Waals surface area contributed by atoms with Gasteiger partial charge in [-0.1, -0.05) is 35.3 Å². The van der Waals surface area contributed by atoms with Crippen molar-refractivity contribution >= 4 is 52.3 Å². The summed E-state index contributed by atoms with van der Waals surface area (Å²) >= 11 is 11.8. The Kier molecular flexibility index (Phi) is 4.17. The van der Waals surface area contributed by atoms with Crippen LogP contribution in [0, 0.1) is 0 Å². The van der Waals surface area contributed by atoms with E-state index < -0.39 is 24.3 Å². The molecule has 0 aromatic heterocycles. The van der Waals surface area contributed by atoms with Crippen molar-refractivity contribution in [2.75, 3.05) is 17.6 Å². The maximum absolute atomic E-state index is 12.2. The number of rotatable bonds is 3. The van der Waals surface area contributed by atoms with Gasteiger partial charge in [-0.3, -0.25) is 19.3 Å². The van der Waals surface area contributed by atoms with E-state index in [0.29, 0.717) is 5.02 Å². The van der Waals surface area contributed by atoms with E-state index >= 15 is 0 Å². The number of nitrogens with zero attached hydrogens (tertiary/aromatic N) is 1. The molecule has 0 spiro atoms. The first kappa shape index (κ1) is 16.3. The molecule has 1 aliphatic rings. The third-order valence-corrected chi connectivity index (χ3v) is 4.05. The maximum atomic E-state index is 12.2. The molecule has 3 amide bonds. The van der Waals surface area contributed by atoms with Crippen molar-refractivity contribution in [2.24, 2.45) is 0 Å². The molecular formula is C16H11Cl2N3O3. The third-order valence-electron chi connectivity index (χ3n) is 3.53. The second-order valence-electron chi connectivity index (χ2n) is 5.14. The van der Waals surface area contributed by atoms with Crippen LogP contribution in [0.2, 0.25) is 10.0 Å². The van der Waals surface area contributed by atoms with Crippen LogP contribution >= 0.6 is 23.2 Å². The zero-order valence-corrected chi connectivity index (χ0v) is 13.7. The molecule has 1 aliphatic heterocycles. The number of halogens is 2. The summed E-state index contributed by atoms with van der Waals surface area (Å²) in [6.07, 6.45) is 0. The van der Waals surface area contributed by atoms with E-state index in [1.807, 2.05) is 0 Å². The van der Waals surface area contributed by atoms with Gasteiger partial charge in [0.1, 0.15) is 6.54 Å². The van der Waals surface area contributed by atoms with Crippen LogP contribution in [-0.4, -0.2) is 29.2 Å². The lowest BCUT2D eigenvalue weighted by Gasteiger charge is -2.15. The topological polar surface area (TPSA) is 92.5 Å². The number of hydrogen-bond donors (Lipinski definition) is 2. The number of nitrogens with one attached hydrogen (secondary N) is 1. The van der Waals surface area contributed by atoms with Crippen molar-refractivity contribution in [3.63, 3.8) is 0 Å². The van der Waals surface area contributed by atoms with Crippen molar-refractivity contribution < 1.29 is 14.4 Å². The second kappa shape index (κ2) is 6.14. The first-order chi connectivity index (χ1) is 11.4. The minimum absolute atomic E-state index is 0.163. The summed E-state index contributed by atoms with van der Waals surface area (Å²) in [6.45, 7) is -0.440. The molecule has 0 saturated carbocycles. The van der Waals surface area contributed by atoms with Crippen LogP contribution in [-0.2, 0) is 4.79 Å². The van der Waals surface area contributed by atoms with E-state index in [9.17, 15) is 14.4 Å². The molecule has 0 fully saturated rings. The fraction of sp³-hybridized carbons (Fsp3) is 0.0625. The van der Waals surface area contributed by atoms with Crippen molar-refractivity contribution in [1.29, 1.82) is 0 Å². The summed E-state index contributed by atoms with van der Waals surface area (Å²) in [4.78, 5) is 37.5. The predicted octanol–water partition coefficient (Wildman–Crippen LogP) is 2.81. The molecule has 8 heteroatoms. The van der Waals surface area contributed by atoms with Gasteiger partial charge in [0.05, 0.1) is 27.5 Å². The van der Waals surface area contributed by atoms with Crippen LogP contribution in [0.1, 0.15) is 20.7 Å². The Balaban J connectivity index is 1.78. The number of carbonyl (C=O) groups excluding carboxylic acids is 3. The van der Waals surface area contributed by atoms with Crippen molar-refractivity contribution in [3.8, 4) is 0 Å². The number of benzene rings is 2. The van der Waals surface area contributed by atoms with Gasteiger partial charge in [0.2, 0.25) is 5.91 Å². The molecule has 1 heterocycles. The monoisotopic (exact) mass is 363 g/mol. The lowest BCUT2D eigenvalue weighted by atomic mass is 10.1. The Labute approximate surface area is 147 Å². The van der Waals surface area contributed by atoms with Crippen LogP contribution in [0.25, 0.3) is 0 Å². The molecule has 0 atom stereocenters. The zero-order chi connectivity index (χ0) is 17.4. The highest BCUT2D eigenvalue weighted by atomic mass is 35.5. The van der Waals surface area contributed by atoms with Gasteiger partial charge < -0.3 is 11.1 Å². The van der Waals surface area contributed by atoms with Crippen molar-refractivity contribution in [2.45, 2.75) is 0 Å². The highest BCUT2D eigenvalue weighted by Gasteiger charge is 2.36. The molecule has 0 radical (unpaired) electrons. The molecule has 3 N–H and O–H groups in total. The van der Waals surface area contributed by atoms with E-state index in [4.69, 9.17) is 28.9 Å². The quantitative estimate of drug-likeness (QED) is 0.647. The summed E-state index contributed by atoms with van der Waals surface area (Å²) in [5.41, 5.74) is 6.69. The Morgan fingerprint density at radius 1 is 1.08 bits per heavy atom. The van der Waals surface area contributed by atoms with Crippen molar-refractivity contribution in [3.05, 3.63) is 57.6 Å². The highest BCUT2D eigenvalue weighted by molar-refractivity contribution is 6.37. The summed E-state index contributed by atoms with van der Waals surface area (Å²) in [5, 5.41) is 2.99. The SMILES string of the molecule is Nc1cc(Cl)cc(Cl)c1NC(=O)CN1C(=O)c2ccccc2C1=O. The molecular weight excluding hydrogens is 353 g/mol. The van der Waals surface area contributed by atoms with E-state index in [1.54, 1.807) is 24.3 Å². The molecule has 24 heavy (non-hydrogen) atoms. The van der Waals surface area contributed by atoms with Crippen LogP contribution in [0.3, 0.4) is 0 Å².